The van der Waals surface area contributed by atoms with Crippen LogP contribution in [-0.4, -0.2) is 30.1 Å². The third-order valence-corrected chi connectivity index (χ3v) is 5.65. The Kier molecular flexibility index (Phi) is 10.1. The number of amides is 1. The zero-order chi connectivity index (χ0) is 29.9. The topological polar surface area (TPSA) is 46.2 Å². The van der Waals surface area contributed by atoms with E-state index in [-0.39, 0.29) is 0 Å². The molecule has 2 rings (SSSR count). The van der Waals surface area contributed by atoms with Crippen molar-refractivity contribution in [3.8, 4) is 0 Å². The number of alkyl halides is 9. The lowest BCUT2D eigenvalue weighted by Gasteiger charge is -2.19. The van der Waals surface area contributed by atoms with E-state index in [9.17, 15) is 53.5 Å². The summed E-state index contributed by atoms with van der Waals surface area (Å²) in [6, 6.07) is 2.04. The van der Waals surface area contributed by atoms with Crippen molar-refractivity contribution in [1.82, 2.24) is 5.32 Å². The van der Waals surface area contributed by atoms with Crippen molar-refractivity contribution in [2.75, 3.05) is 0 Å². The molecule has 0 aliphatic rings. The first-order chi connectivity index (χ1) is 17.7. The van der Waals surface area contributed by atoms with E-state index in [1.54, 1.807) is 0 Å². The highest BCUT2D eigenvalue weighted by molar-refractivity contribution is 6.35. The van der Waals surface area contributed by atoms with Crippen molar-refractivity contribution in [3.05, 3.63) is 74.5 Å². The maximum atomic E-state index is 13.7. The van der Waals surface area contributed by atoms with Crippen LogP contribution in [0.15, 0.2) is 36.4 Å². The Hall–Kier alpha value is -2.80. The number of hydrogen-bond acceptors (Lipinski definition) is 2. The molecule has 214 valence electrons. The standard InChI is InChI=1S/C24H17Cl2F10NO2/c1-11(6-14(38)10-22(28,29)30)37-21(39)15-4-2-12(7-17(15)24(34,35)36)3-5-16(23(31,32)33)13-8-18(25)20(27)19(26)9-13/h2-5,7-9,11,16H,6,10H2,1H3,(H,37,39)/b5-3+/t11-,16?/m1/s1. The average molecular weight is 612 g/mol. The van der Waals surface area contributed by atoms with Gasteiger partial charge in [0, 0.05) is 12.5 Å². The summed E-state index contributed by atoms with van der Waals surface area (Å²) in [7, 11) is 0. The highest BCUT2D eigenvalue weighted by atomic mass is 35.5. The molecule has 0 heterocycles. The minimum absolute atomic E-state index is 0.392. The molecule has 1 unspecified atom stereocenters. The summed E-state index contributed by atoms with van der Waals surface area (Å²) in [5, 5.41) is 0.593. The second-order valence-corrected chi connectivity index (χ2v) is 9.20. The van der Waals surface area contributed by atoms with E-state index >= 15 is 0 Å². The SMILES string of the molecule is C[C@H](CC(=O)CC(F)(F)F)NC(=O)c1ccc(/C=C/C(c2cc(Cl)c(F)c(Cl)c2)C(F)(F)F)cc1C(F)(F)F. The van der Waals surface area contributed by atoms with Crippen LogP contribution in [-0.2, 0) is 11.0 Å². The fraction of sp³-hybridized carbons (Fsp3) is 0.333. The summed E-state index contributed by atoms with van der Waals surface area (Å²) in [5.41, 5.74) is -3.51. The summed E-state index contributed by atoms with van der Waals surface area (Å²) in [4.78, 5) is 23.8. The summed E-state index contributed by atoms with van der Waals surface area (Å²) >= 11 is 11.1. The molecular weight excluding hydrogens is 595 g/mol. The quantitative estimate of drug-likeness (QED) is 0.240. The van der Waals surface area contributed by atoms with Gasteiger partial charge in [-0.25, -0.2) is 4.39 Å². The number of carbonyl (C=O) groups is 2. The van der Waals surface area contributed by atoms with Crippen molar-refractivity contribution < 1.29 is 53.5 Å². The molecule has 2 aromatic rings. The third-order valence-electron chi connectivity index (χ3n) is 5.10. The number of Topliss-reactive ketones (excluding diaryl/α,β-unsaturated/α-hetero) is 1. The number of halogens is 12. The van der Waals surface area contributed by atoms with E-state index in [1.165, 1.54) is 0 Å². The van der Waals surface area contributed by atoms with E-state index in [4.69, 9.17) is 23.2 Å². The van der Waals surface area contributed by atoms with E-state index in [0.29, 0.717) is 36.4 Å². The van der Waals surface area contributed by atoms with Gasteiger partial charge >= 0.3 is 18.5 Å². The molecule has 0 aromatic heterocycles. The largest absolute Gasteiger partial charge is 0.417 e. The number of nitrogens with one attached hydrogen (secondary N) is 1. The lowest BCUT2D eigenvalue weighted by Crippen LogP contribution is -2.36. The Morgan fingerprint density at radius 3 is 2.00 bits per heavy atom. The minimum atomic E-state index is -5.16. The fourth-order valence-electron chi connectivity index (χ4n) is 3.46. The van der Waals surface area contributed by atoms with Gasteiger partial charge in [0.1, 0.15) is 12.2 Å². The maximum absolute atomic E-state index is 13.7. The van der Waals surface area contributed by atoms with Crippen molar-refractivity contribution in [2.24, 2.45) is 0 Å². The van der Waals surface area contributed by atoms with Crippen LogP contribution >= 0.6 is 23.2 Å². The van der Waals surface area contributed by atoms with Gasteiger partial charge in [-0.15, -0.1) is 0 Å². The van der Waals surface area contributed by atoms with Crippen LogP contribution in [0.5, 0.6) is 0 Å². The number of hydrogen-bond donors (Lipinski definition) is 1. The average Bonchev–Trinajstić information content (AvgIpc) is 2.74. The Labute approximate surface area is 224 Å². The van der Waals surface area contributed by atoms with Gasteiger partial charge in [0.2, 0.25) is 0 Å². The van der Waals surface area contributed by atoms with Gasteiger partial charge < -0.3 is 5.32 Å². The molecule has 2 atom stereocenters. The Bertz CT molecular complexity index is 1230. The summed E-state index contributed by atoms with van der Waals surface area (Å²) < 4.78 is 133. The number of benzene rings is 2. The van der Waals surface area contributed by atoms with Gasteiger partial charge in [-0.05, 0) is 42.3 Å². The molecule has 15 heteroatoms. The highest BCUT2D eigenvalue weighted by Crippen LogP contribution is 2.40. The first-order valence-corrected chi connectivity index (χ1v) is 11.4. The number of carbonyl (C=O) groups excluding carboxylic acids is 2. The van der Waals surface area contributed by atoms with Crippen LogP contribution in [0.25, 0.3) is 6.08 Å². The smallest absolute Gasteiger partial charge is 0.349 e. The first kappa shape index (κ1) is 32.4. The van der Waals surface area contributed by atoms with Gasteiger partial charge in [-0.1, -0.05) is 41.4 Å². The van der Waals surface area contributed by atoms with Gasteiger partial charge in [0.25, 0.3) is 5.91 Å². The number of rotatable bonds is 8. The highest BCUT2D eigenvalue weighted by Gasteiger charge is 2.40. The van der Waals surface area contributed by atoms with Crippen molar-refractivity contribution >= 4 is 41.0 Å². The predicted octanol–water partition coefficient (Wildman–Crippen LogP) is 8.54. The molecule has 3 nitrogen and oxygen atoms in total. The van der Waals surface area contributed by atoms with Gasteiger partial charge in [0.05, 0.1) is 27.1 Å². The zero-order valence-electron chi connectivity index (χ0n) is 19.5. The van der Waals surface area contributed by atoms with Crippen molar-refractivity contribution in [3.63, 3.8) is 0 Å². The van der Waals surface area contributed by atoms with Crippen LogP contribution in [0.3, 0.4) is 0 Å². The third kappa shape index (κ3) is 9.41. The molecule has 0 aliphatic heterocycles. The van der Waals surface area contributed by atoms with Crippen LogP contribution in [0, 0.1) is 5.82 Å². The zero-order valence-corrected chi connectivity index (χ0v) is 21.0. The molecule has 39 heavy (non-hydrogen) atoms. The predicted molar refractivity (Wildman–Crippen MR) is 123 cm³/mol. The van der Waals surface area contributed by atoms with Gasteiger partial charge in [-0.3, -0.25) is 9.59 Å². The maximum Gasteiger partial charge on any atom is 0.417 e. The second-order valence-electron chi connectivity index (χ2n) is 8.39. The van der Waals surface area contributed by atoms with Crippen LogP contribution in [0.4, 0.5) is 43.9 Å². The lowest BCUT2D eigenvalue weighted by molar-refractivity contribution is -0.152. The van der Waals surface area contributed by atoms with Gasteiger partial charge in [0.15, 0.2) is 5.82 Å². The summed E-state index contributed by atoms with van der Waals surface area (Å²) in [5.74, 6) is -6.26. The van der Waals surface area contributed by atoms with Crippen LogP contribution in [0.2, 0.25) is 10.0 Å². The molecule has 1 N–H and O–H groups in total. The molecule has 0 aliphatic carbocycles. The second kappa shape index (κ2) is 12.2. The number of allylic oxidation sites excluding steroid dienone is 1. The first-order valence-electron chi connectivity index (χ1n) is 10.7. The van der Waals surface area contributed by atoms with E-state index < -0.39 is 93.1 Å². The molecule has 0 spiro atoms. The molecular formula is C24H17Cl2F10NO2. The van der Waals surface area contributed by atoms with E-state index in [1.807, 2.05) is 5.32 Å². The molecule has 1 amide bonds. The van der Waals surface area contributed by atoms with Gasteiger partial charge in [-0.2, -0.15) is 39.5 Å². The van der Waals surface area contributed by atoms with E-state index in [2.05, 4.69) is 0 Å². The molecule has 0 saturated heterocycles. The van der Waals surface area contributed by atoms with Crippen LogP contribution in [0.1, 0.15) is 52.7 Å². The summed E-state index contributed by atoms with van der Waals surface area (Å²) in [6.45, 7) is 1.11. The molecule has 0 radical (unpaired) electrons. The normalized spacial score (nSPS) is 14.4. The molecule has 0 saturated carbocycles. The number of ketones is 1. The lowest BCUT2D eigenvalue weighted by atomic mass is 9.96. The molecule has 0 fully saturated rings. The Morgan fingerprint density at radius 2 is 1.51 bits per heavy atom. The Morgan fingerprint density at radius 1 is 0.949 bits per heavy atom. The summed E-state index contributed by atoms with van der Waals surface area (Å²) in [6.07, 6.45) is -16.3. The molecule has 2 aromatic carbocycles. The van der Waals surface area contributed by atoms with Crippen LogP contribution < -0.4 is 5.32 Å². The fourth-order valence-corrected chi connectivity index (χ4v) is 3.96. The van der Waals surface area contributed by atoms with Crippen molar-refractivity contribution in [2.45, 2.75) is 50.3 Å². The minimum Gasteiger partial charge on any atom is -0.349 e. The Balaban J connectivity index is 2.36. The molecule has 0 bridgehead atoms. The monoisotopic (exact) mass is 611 g/mol. The van der Waals surface area contributed by atoms with Crippen molar-refractivity contribution in [1.29, 1.82) is 0 Å². The van der Waals surface area contributed by atoms with E-state index in [0.717, 1.165) is 13.0 Å².